The molecule has 0 saturated heterocycles. The number of aliphatic hydroxyl groups is 1. The third kappa shape index (κ3) is 4.12. The summed E-state index contributed by atoms with van der Waals surface area (Å²) >= 11 is 11.6. The highest BCUT2D eigenvalue weighted by Gasteiger charge is 2.34. The van der Waals surface area contributed by atoms with E-state index in [-0.39, 0.29) is 24.1 Å². The van der Waals surface area contributed by atoms with Crippen LogP contribution in [0, 0.1) is 0 Å². The molecule has 0 radical (unpaired) electrons. The topological polar surface area (TPSA) is 78.4 Å². The lowest BCUT2D eigenvalue weighted by atomic mass is 9.99. The first kappa shape index (κ1) is 17.1. The highest BCUT2D eigenvalue weighted by molar-refractivity contribution is 6.42. The van der Waals surface area contributed by atoms with Crippen molar-refractivity contribution in [3.05, 3.63) is 33.8 Å². The number of amides is 2. The zero-order chi connectivity index (χ0) is 16.2. The van der Waals surface area contributed by atoms with Gasteiger partial charge >= 0.3 is 0 Å². The van der Waals surface area contributed by atoms with Crippen molar-refractivity contribution in [1.29, 1.82) is 0 Å². The molecule has 2 rings (SSSR count). The van der Waals surface area contributed by atoms with E-state index in [0.717, 1.165) is 25.7 Å². The molecule has 2 amide bonds. The van der Waals surface area contributed by atoms with Gasteiger partial charge in [-0.15, -0.1) is 0 Å². The molecule has 0 aromatic heterocycles. The summed E-state index contributed by atoms with van der Waals surface area (Å²) in [7, 11) is 0. The Hall–Kier alpha value is -1.30. The summed E-state index contributed by atoms with van der Waals surface area (Å²) in [5, 5.41) is 15.4. The molecule has 1 aromatic carbocycles. The van der Waals surface area contributed by atoms with Crippen LogP contribution in [0.15, 0.2) is 18.2 Å². The lowest BCUT2D eigenvalue weighted by Crippen LogP contribution is -2.52. The Balaban J connectivity index is 1.87. The minimum absolute atomic E-state index is 0.0839. The SMILES string of the molecule is O=C(CNC(=O)c1ccc(Cl)c(Cl)c1)NC1(CO)CCCC1. The molecule has 0 unspecified atom stereocenters. The second kappa shape index (κ2) is 7.31. The van der Waals surface area contributed by atoms with Gasteiger partial charge in [0.2, 0.25) is 5.91 Å². The van der Waals surface area contributed by atoms with E-state index < -0.39 is 11.4 Å². The number of nitrogens with one attached hydrogen (secondary N) is 2. The fourth-order valence-corrected chi connectivity index (χ4v) is 2.91. The molecule has 5 nitrogen and oxygen atoms in total. The highest BCUT2D eigenvalue weighted by atomic mass is 35.5. The van der Waals surface area contributed by atoms with Crippen molar-refractivity contribution >= 4 is 35.0 Å². The number of aliphatic hydroxyl groups excluding tert-OH is 1. The summed E-state index contributed by atoms with van der Waals surface area (Å²) in [4.78, 5) is 23.9. The Morgan fingerprint density at radius 2 is 1.86 bits per heavy atom. The molecule has 0 bridgehead atoms. The van der Waals surface area contributed by atoms with Gasteiger partial charge in [0.05, 0.1) is 28.7 Å². The van der Waals surface area contributed by atoms with E-state index in [9.17, 15) is 14.7 Å². The molecule has 7 heteroatoms. The van der Waals surface area contributed by atoms with Crippen molar-refractivity contribution in [1.82, 2.24) is 10.6 Å². The molecule has 1 aromatic rings. The number of hydrogen-bond donors (Lipinski definition) is 3. The van der Waals surface area contributed by atoms with Gasteiger partial charge in [0, 0.05) is 5.56 Å². The normalized spacial score (nSPS) is 16.3. The molecular weight excluding hydrogens is 327 g/mol. The van der Waals surface area contributed by atoms with Gasteiger partial charge < -0.3 is 15.7 Å². The zero-order valence-corrected chi connectivity index (χ0v) is 13.5. The average molecular weight is 345 g/mol. The fraction of sp³-hybridized carbons (Fsp3) is 0.467. The predicted molar refractivity (Wildman–Crippen MR) is 85.2 cm³/mol. The third-order valence-corrected chi connectivity index (χ3v) is 4.60. The Labute approximate surface area is 139 Å². The van der Waals surface area contributed by atoms with E-state index >= 15 is 0 Å². The van der Waals surface area contributed by atoms with Crippen LogP contribution in [-0.2, 0) is 4.79 Å². The summed E-state index contributed by atoms with van der Waals surface area (Å²) in [6.07, 6.45) is 3.49. The second-order valence-electron chi connectivity index (χ2n) is 5.51. The van der Waals surface area contributed by atoms with Gasteiger partial charge in [-0.05, 0) is 31.0 Å². The van der Waals surface area contributed by atoms with E-state index in [2.05, 4.69) is 10.6 Å². The number of rotatable bonds is 5. The molecule has 1 saturated carbocycles. The molecule has 1 aliphatic carbocycles. The maximum Gasteiger partial charge on any atom is 0.251 e. The molecule has 0 heterocycles. The lowest BCUT2D eigenvalue weighted by Gasteiger charge is -2.28. The van der Waals surface area contributed by atoms with Gasteiger partial charge in [-0.2, -0.15) is 0 Å². The van der Waals surface area contributed by atoms with E-state index in [1.54, 1.807) is 0 Å². The summed E-state index contributed by atoms with van der Waals surface area (Å²) in [5.74, 6) is -0.720. The molecule has 22 heavy (non-hydrogen) atoms. The third-order valence-electron chi connectivity index (χ3n) is 3.86. The molecule has 3 N–H and O–H groups in total. The van der Waals surface area contributed by atoms with Gasteiger partial charge in [0.1, 0.15) is 0 Å². The van der Waals surface area contributed by atoms with Crippen molar-refractivity contribution in [2.24, 2.45) is 0 Å². The quantitative estimate of drug-likeness (QED) is 0.765. The minimum Gasteiger partial charge on any atom is -0.394 e. The van der Waals surface area contributed by atoms with Crippen LogP contribution in [0.4, 0.5) is 0 Å². The van der Waals surface area contributed by atoms with Gasteiger partial charge in [-0.25, -0.2) is 0 Å². The number of benzene rings is 1. The van der Waals surface area contributed by atoms with Gasteiger partial charge in [0.25, 0.3) is 5.91 Å². The molecule has 1 fully saturated rings. The molecular formula is C15H18Cl2N2O3. The van der Waals surface area contributed by atoms with Crippen molar-refractivity contribution in [2.75, 3.05) is 13.2 Å². The van der Waals surface area contributed by atoms with Crippen molar-refractivity contribution in [3.63, 3.8) is 0 Å². The van der Waals surface area contributed by atoms with E-state index in [1.807, 2.05) is 0 Å². The van der Waals surface area contributed by atoms with Crippen molar-refractivity contribution in [3.8, 4) is 0 Å². The van der Waals surface area contributed by atoms with Gasteiger partial charge in [0.15, 0.2) is 0 Å². The molecule has 0 aliphatic heterocycles. The van der Waals surface area contributed by atoms with Crippen LogP contribution in [0.3, 0.4) is 0 Å². The molecule has 1 aliphatic rings. The largest absolute Gasteiger partial charge is 0.394 e. The first-order chi connectivity index (χ1) is 10.5. The maximum absolute atomic E-state index is 12.0. The number of hydrogen-bond acceptors (Lipinski definition) is 3. The van der Waals surface area contributed by atoms with Crippen LogP contribution in [0.2, 0.25) is 10.0 Å². The second-order valence-corrected chi connectivity index (χ2v) is 6.32. The fourth-order valence-electron chi connectivity index (χ4n) is 2.61. The number of carbonyl (C=O) groups excluding carboxylic acids is 2. The van der Waals surface area contributed by atoms with E-state index in [1.165, 1.54) is 18.2 Å². The van der Waals surface area contributed by atoms with E-state index in [0.29, 0.717) is 10.6 Å². The van der Waals surface area contributed by atoms with E-state index in [4.69, 9.17) is 23.2 Å². The first-order valence-corrected chi connectivity index (χ1v) is 7.86. The molecule has 0 spiro atoms. The number of carbonyl (C=O) groups is 2. The summed E-state index contributed by atoms with van der Waals surface area (Å²) < 4.78 is 0. The first-order valence-electron chi connectivity index (χ1n) is 7.11. The van der Waals surface area contributed by atoms with Gasteiger partial charge in [-0.1, -0.05) is 36.0 Å². The van der Waals surface area contributed by atoms with Crippen LogP contribution < -0.4 is 10.6 Å². The summed E-state index contributed by atoms with van der Waals surface area (Å²) in [6.45, 7) is -0.236. The average Bonchev–Trinajstić information content (AvgIpc) is 2.96. The summed E-state index contributed by atoms with van der Waals surface area (Å²) in [5.41, 5.74) is -0.203. The van der Waals surface area contributed by atoms with Crippen LogP contribution in [0.25, 0.3) is 0 Å². The predicted octanol–water partition coefficient (Wildman–Crippen LogP) is 2.14. The van der Waals surface area contributed by atoms with Gasteiger partial charge in [-0.3, -0.25) is 9.59 Å². The molecule has 0 atom stereocenters. The van der Waals surface area contributed by atoms with Crippen LogP contribution >= 0.6 is 23.2 Å². The lowest BCUT2D eigenvalue weighted by molar-refractivity contribution is -0.122. The van der Waals surface area contributed by atoms with Crippen LogP contribution in [-0.4, -0.2) is 35.6 Å². The summed E-state index contributed by atoms with van der Waals surface area (Å²) in [6, 6.07) is 4.51. The smallest absolute Gasteiger partial charge is 0.251 e. The van der Waals surface area contributed by atoms with Crippen molar-refractivity contribution in [2.45, 2.75) is 31.2 Å². The molecule has 120 valence electrons. The standard InChI is InChI=1S/C15H18Cl2N2O3/c16-11-4-3-10(7-12(11)17)14(22)18-8-13(21)19-15(9-20)5-1-2-6-15/h3-4,7,20H,1-2,5-6,8-9H2,(H,18,22)(H,19,21). The zero-order valence-electron chi connectivity index (χ0n) is 12.0. The minimum atomic E-state index is -0.536. The Bertz CT molecular complexity index is 572. The Morgan fingerprint density at radius 1 is 1.18 bits per heavy atom. The highest BCUT2D eigenvalue weighted by Crippen LogP contribution is 2.28. The van der Waals surface area contributed by atoms with Crippen molar-refractivity contribution < 1.29 is 14.7 Å². The van der Waals surface area contributed by atoms with Crippen LogP contribution in [0.1, 0.15) is 36.0 Å². The Kier molecular flexibility index (Phi) is 5.67. The number of halogens is 2. The maximum atomic E-state index is 12.0. The monoisotopic (exact) mass is 344 g/mol. The van der Waals surface area contributed by atoms with Crippen LogP contribution in [0.5, 0.6) is 0 Å². The Morgan fingerprint density at radius 3 is 2.45 bits per heavy atom.